The van der Waals surface area contributed by atoms with Gasteiger partial charge in [0, 0.05) is 17.8 Å². The minimum atomic E-state index is 0.339. The van der Waals surface area contributed by atoms with E-state index in [2.05, 4.69) is 15.3 Å². The second kappa shape index (κ2) is 3.88. The number of nitrogens with one attached hydrogen (secondary N) is 1. The largest absolute Gasteiger partial charge is 0.367 e. The first-order chi connectivity index (χ1) is 7.70. The van der Waals surface area contributed by atoms with Crippen LogP contribution in [0.15, 0.2) is 6.07 Å². The van der Waals surface area contributed by atoms with Crippen molar-refractivity contribution in [3.05, 3.63) is 17.0 Å². The molecule has 1 heterocycles. The van der Waals surface area contributed by atoms with Crippen LogP contribution in [0.3, 0.4) is 0 Å². The Morgan fingerprint density at radius 2 is 2.19 bits per heavy atom. The van der Waals surface area contributed by atoms with Gasteiger partial charge in [-0.2, -0.15) is 0 Å². The highest BCUT2D eigenvalue weighted by molar-refractivity contribution is 6.28. The van der Waals surface area contributed by atoms with Crippen LogP contribution >= 0.6 is 11.6 Å². The average Bonchev–Trinajstić information content (AvgIpc) is 2.77. The Bertz CT molecular complexity index is 387. The maximum atomic E-state index is 5.85. The molecule has 16 heavy (non-hydrogen) atoms. The number of nitrogens with zero attached hydrogens (tertiary/aromatic N) is 2. The molecule has 2 aliphatic rings. The van der Waals surface area contributed by atoms with E-state index in [-0.39, 0.29) is 0 Å². The summed E-state index contributed by atoms with van der Waals surface area (Å²) in [5.74, 6) is 2.68. The third-order valence-corrected chi connectivity index (χ3v) is 4.07. The Labute approximate surface area is 101 Å². The van der Waals surface area contributed by atoms with Crippen LogP contribution in [0.2, 0.25) is 5.28 Å². The van der Waals surface area contributed by atoms with Crippen molar-refractivity contribution >= 4 is 17.4 Å². The quantitative estimate of drug-likeness (QED) is 0.804. The van der Waals surface area contributed by atoms with Crippen molar-refractivity contribution in [2.75, 3.05) is 5.32 Å². The Balaban J connectivity index is 1.74. The van der Waals surface area contributed by atoms with Gasteiger partial charge in [-0.15, -0.1) is 0 Å². The highest BCUT2D eigenvalue weighted by Gasteiger charge is 2.39. The highest BCUT2D eigenvalue weighted by atomic mass is 35.5. The van der Waals surface area contributed by atoms with Gasteiger partial charge >= 0.3 is 0 Å². The molecule has 3 nitrogen and oxygen atoms in total. The minimum absolute atomic E-state index is 0.339. The molecule has 0 aliphatic heterocycles. The summed E-state index contributed by atoms with van der Waals surface area (Å²) in [5, 5.41) is 3.86. The molecule has 3 unspecified atom stereocenters. The van der Waals surface area contributed by atoms with Crippen molar-refractivity contribution in [3.63, 3.8) is 0 Å². The molecule has 1 N–H and O–H groups in total. The summed E-state index contributed by atoms with van der Waals surface area (Å²) < 4.78 is 0. The maximum absolute atomic E-state index is 5.85. The zero-order valence-electron chi connectivity index (χ0n) is 9.41. The lowest BCUT2D eigenvalue weighted by Crippen LogP contribution is -2.26. The first-order valence-electron chi connectivity index (χ1n) is 5.98. The fraction of sp³-hybridized carbons (Fsp3) is 0.667. The monoisotopic (exact) mass is 237 g/mol. The number of halogens is 1. The van der Waals surface area contributed by atoms with Gasteiger partial charge in [-0.1, -0.05) is 6.42 Å². The van der Waals surface area contributed by atoms with Crippen LogP contribution in [0.5, 0.6) is 0 Å². The van der Waals surface area contributed by atoms with Gasteiger partial charge in [0.1, 0.15) is 5.82 Å². The fourth-order valence-electron chi connectivity index (χ4n) is 3.22. The molecule has 1 aromatic rings. The number of aryl methyl sites for hydroxylation is 1. The van der Waals surface area contributed by atoms with Crippen LogP contribution in [-0.4, -0.2) is 16.0 Å². The van der Waals surface area contributed by atoms with E-state index in [0.717, 1.165) is 23.3 Å². The van der Waals surface area contributed by atoms with Gasteiger partial charge < -0.3 is 5.32 Å². The van der Waals surface area contributed by atoms with Gasteiger partial charge in [-0.05, 0) is 49.6 Å². The number of rotatable bonds is 2. The summed E-state index contributed by atoms with van der Waals surface area (Å²) in [6.07, 6.45) is 5.49. The predicted octanol–water partition coefficient (Wildman–Crippen LogP) is 3.04. The molecule has 0 aromatic carbocycles. The maximum Gasteiger partial charge on any atom is 0.224 e. The third-order valence-electron chi connectivity index (χ3n) is 3.90. The lowest BCUT2D eigenvalue weighted by atomic mass is 9.95. The van der Waals surface area contributed by atoms with Crippen molar-refractivity contribution in [2.45, 2.75) is 38.6 Å². The smallest absolute Gasteiger partial charge is 0.224 e. The van der Waals surface area contributed by atoms with E-state index in [9.17, 15) is 0 Å². The molecule has 86 valence electrons. The molecule has 2 fully saturated rings. The second-order valence-corrected chi connectivity index (χ2v) is 5.43. The summed E-state index contributed by atoms with van der Waals surface area (Å²) in [4.78, 5) is 8.30. The Kier molecular flexibility index (Phi) is 2.51. The second-order valence-electron chi connectivity index (χ2n) is 5.09. The number of hydrogen-bond donors (Lipinski definition) is 1. The highest BCUT2D eigenvalue weighted by Crippen LogP contribution is 2.45. The normalized spacial score (nSPS) is 32.0. The van der Waals surface area contributed by atoms with E-state index in [1.54, 1.807) is 0 Å². The van der Waals surface area contributed by atoms with Crippen LogP contribution < -0.4 is 5.32 Å². The van der Waals surface area contributed by atoms with Gasteiger partial charge in [0.05, 0.1) is 0 Å². The van der Waals surface area contributed by atoms with E-state index in [1.807, 2.05) is 13.0 Å². The molecular weight excluding hydrogens is 222 g/mol. The summed E-state index contributed by atoms with van der Waals surface area (Å²) in [5.41, 5.74) is 0.922. The fourth-order valence-corrected chi connectivity index (χ4v) is 3.44. The molecule has 0 spiro atoms. The average molecular weight is 238 g/mol. The van der Waals surface area contributed by atoms with Crippen molar-refractivity contribution in [1.29, 1.82) is 0 Å². The van der Waals surface area contributed by atoms with Crippen LogP contribution in [0.1, 0.15) is 31.4 Å². The molecule has 1 aromatic heterocycles. The predicted molar refractivity (Wildman–Crippen MR) is 64.6 cm³/mol. The molecule has 2 aliphatic carbocycles. The van der Waals surface area contributed by atoms with E-state index < -0.39 is 0 Å². The standard InChI is InChI=1S/C12H16ClN3/c1-7-4-11(16-12(13)14-7)15-10-6-8-2-3-9(10)5-8/h4,8-10H,2-3,5-6H2,1H3,(H,14,15,16). The summed E-state index contributed by atoms with van der Waals surface area (Å²) in [6.45, 7) is 1.94. The summed E-state index contributed by atoms with van der Waals surface area (Å²) >= 11 is 5.85. The lowest BCUT2D eigenvalue weighted by molar-refractivity contribution is 0.439. The molecule has 3 atom stereocenters. The summed E-state index contributed by atoms with van der Waals surface area (Å²) in [6, 6.07) is 2.57. The molecule has 0 amide bonds. The van der Waals surface area contributed by atoms with Crippen LogP contribution in [0, 0.1) is 18.8 Å². The first-order valence-corrected chi connectivity index (χ1v) is 6.36. The van der Waals surface area contributed by atoms with Crippen molar-refractivity contribution < 1.29 is 0 Å². The van der Waals surface area contributed by atoms with Gasteiger partial charge in [0.25, 0.3) is 0 Å². The summed E-state index contributed by atoms with van der Waals surface area (Å²) in [7, 11) is 0. The van der Waals surface area contributed by atoms with E-state index in [1.165, 1.54) is 25.7 Å². The topological polar surface area (TPSA) is 37.8 Å². The van der Waals surface area contributed by atoms with Gasteiger partial charge in [-0.25, -0.2) is 9.97 Å². The molecule has 4 heteroatoms. The van der Waals surface area contributed by atoms with Crippen molar-refractivity contribution in [2.24, 2.45) is 11.8 Å². The Morgan fingerprint density at radius 3 is 2.81 bits per heavy atom. The molecule has 2 saturated carbocycles. The SMILES string of the molecule is Cc1cc(NC2CC3CCC2C3)nc(Cl)n1. The van der Waals surface area contributed by atoms with E-state index in [0.29, 0.717) is 11.3 Å². The lowest BCUT2D eigenvalue weighted by Gasteiger charge is -2.23. The number of aromatic nitrogens is 2. The van der Waals surface area contributed by atoms with Gasteiger partial charge in [0.15, 0.2) is 0 Å². The molecule has 0 radical (unpaired) electrons. The number of hydrogen-bond acceptors (Lipinski definition) is 3. The molecule has 0 saturated heterocycles. The Morgan fingerprint density at radius 1 is 1.31 bits per heavy atom. The minimum Gasteiger partial charge on any atom is -0.367 e. The van der Waals surface area contributed by atoms with Crippen molar-refractivity contribution in [1.82, 2.24) is 9.97 Å². The molecular formula is C12H16ClN3. The van der Waals surface area contributed by atoms with Crippen LogP contribution in [0.25, 0.3) is 0 Å². The van der Waals surface area contributed by atoms with Crippen molar-refractivity contribution in [3.8, 4) is 0 Å². The zero-order chi connectivity index (χ0) is 11.1. The van der Waals surface area contributed by atoms with Crippen LogP contribution in [-0.2, 0) is 0 Å². The zero-order valence-corrected chi connectivity index (χ0v) is 10.2. The molecule has 3 rings (SSSR count). The Hall–Kier alpha value is -0.830. The third kappa shape index (κ3) is 1.88. The first kappa shape index (κ1) is 10.3. The van der Waals surface area contributed by atoms with E-state index in [4.69, 9.17) is 11.6 Å². The van der Waals surface area contributed by atoms with E-state index >= 15 is 0 Å². The number of anilines is 1. The van der Waals surface area contributed by atoms with Crippen LogP contribution in [0.4, 0.5) is 5.82 Å². The molecule has 2 bridgehead atoms. The van der Waals surface area contributed by atoms with Gasteiger partial charge in [-0.3, -0.25) is 0 Å². The number of fused-ring (bicyclic) bond motifs is 2. The van der Waals surface area contributed by atoms with Gasteiger partial charge in [0.2, 0.25) is 5.28 Å².